The van der Waals surface area contributed by atoms with Crippen molar-refractivity contribution in [3.05, 3.63) is 0 Å². The van der Waals surface area contributed by atoms with Gasteiger partial charge in [0.25, 0.3) is 0 Å². The van der Waals surface area contributed by atoms with Crippen LogP contribution in [-0.4, -0.2) is 40.8 Å². The van der Waals surface area contributed by atoms with E-state index in [1.807, 2.05) is 0 Å². The van der Waals surface area contributed by atoms with Gasteiger partial charge in [-0.3, -0.25) is 9.59 Å². The molecule has 5 heteroatoms. The zero-order valence-electron chi connectivity index (χ0n) is 6.40. The van der Waals surface area contributed by atoms with Gasteiger partial charge in [-0.15, -0.1) is 0 Å². The number of cyclic esters (lactones) is 1. The van der Waals surface area contributed by atoms with Gasteiger partial charge in [-0.1, -0.05) is 0 Å². The molecule has 0 aromatic carbocycles. The van der Waals surface area contributed by atoms with Crippen LogP contribution in [0.15, 0.2) is 0 Å². The topological polar surface area (TPSA) is 83.8 Å². The van der Waals surface area contributed by atoms with Crippen molar-refractivity contribution in [2.45, 2.75) is 25.0 Å². The fraction of sp³-hybridized carbons (Fsp3) is 0.714. The Balaban J connectivity index is 2.48. The molecule has 5 nitrogen and oxygen atoms in total. The molecular weight excluding hydrogens is 164 g/mol. The Morgan fingerprint density at radius 2 is 2.42 bits per heavy atom. The highest BCUT2D eigenvalue weighted by atomic mass is 16.6. The number of esters is 1. The van der Waals surface area contributed by atoms with Crippen LogP contribution in [0.1, 0.15) is 12.8 Å². The number of carbonyl (C=O) groups excluding carboxylic acids is 2. The van der Waals surface area contributed by atoms with Crippen LogP contribution in [0.3, 0.4) is 0 Å². The Labute approximate surface area is 68.9 Å². The van der Waals surface area contributed by atoms with E-state index in [2.05, 4.69) is 4.74 Å². The lowest BCUT2D eigenvalue weighted by Crippen LogP contribution is -2.35. The molecule has 0 aliphatic carbocycles. The number of ketones is 1. The summed E-state index contributed by atoms with van der Waals surface area (Å²) in [5.74, 6) is -1.13. The summed E-state index contributed by atoms with van der Waals surface area (Å²) in [6, 6.07) is 0. The van der Waals surface area contributed by atoms with E-state index in [0.717, 1.165) is 0 Å². The quantitative estimate of drug-likeness (QED) is 0.515. The number of Topliss-reactive ketones (excluding diaryl/α,β-unsaturated/α-hetero) is 1. The van der Waals surface area contributed by atoms with Crippen molar-refractivity contribution in [3.8, 4) is 0 Å². The van der Waals surface area contributed by atoms with Crippen molar-refractivity contribution in [3.63, 3.8) is 0 Å². The third-order valence-corrected chi connectivity index (χ3v) is 1.75. The van der Waals surface area contributed by atoms with Crippen LogP contribution in [0.2, 0.25) is 0 Å². The van der Waals surface area contributed by atoms with E-state index in [1.165, 1.54) is 0 Å². The molecule has 0 aromatic rings. The van der Waals surface area contributed by atoms with Gasteiger partial charge in [0, 0.05) is 6.42 Å². The van der Waals surface area contributed by atoms with Gasteiger partial charge in [0.1, 0.15) is 12.7 Å². The summed E-state index contributed by atoms with van der Waals surface area (Å²) in [6.07, 6.45) is -1.58. The second kappa shape index (κ2) is 3.64. The molecule has 2 atom stereocenters. The van der Waals surface area contributed by atoms with Crippen LogP contribution in [-0.2, 0) is 14.3 Å². The molecule has 1 fully saturated rings. The van der Waals surface area contributed by atoms with Gasteiger partial charge in [-0.2, -0.15) is 0 Å². The van der Waals surface area contributed by atoms with Crippen molar-refractivity contribution in [1.82, 2.24) is 0 Å². The third-order valence-electron chi connectivity index (χ3n) is 1.75. The molecule has 0 spiro atoms. The summed E-state index contributed by atoms with van der Waals surface area (Å²) in [6.45, 7) is -0.727. The van der Waals surface area contributed by atoms with Crippen LogP contribution >= 0.6 is 0 Å². The Morgan fingerprint density at radius 3 is 2.83 bits per heavy atom. The first kappa shape index (κ1) is 9.15. The summed E-state index contributed by atoms with van der Waals surface area (Å²) >= 11 is 0. The Kier molecular flexibility index (Phi) is 2.78. The van der Waals surface area contributed by atoms with Gasteiger partial charge in [-0.25, -0.2) is 0 Å². The molecule has 2 unspecified atom stereocenters. The Hall–Kier alpha value is -0.940. The largest absolute Gasteiger partial charge is 0.459 e. The molecule has 1 aliphatic heterocycles. The predicted molar refractivity (Wildman–Crippen MR) is 37.2 cm³/mol. The zero-order chi connectivity index (χ0) is 9.14. The summed E-state index contributed by atoms with van der Waals surface area (Å²) in [7, 11) is 0. The zero-order valence-corrected chi connectivity index (χ0v) is 6.40. The van der Waals surface area contributed by atoms with Gasteiger partial charge in [0.05, 0.1) is 0 Å². The minimum absolute atomic E-state index is 0.223. The van der Waals surface area contributed by atoms with Crippen molar-refractivity contribution >= 4 is 11.8 Å². The average molecular weight is 174 g/mol. The average Bonchev–Trinajstić information content (AvgIpc) is 2.49. The maximum absolute atomic E-state index is 10.7. The lowest BCUT2D eigenvalue weighted by molar-refractivity contribution is -0.149. The van der Waals surface area contributed by atoms with E-state index in [-0.39, 0.29) is 6.42 Å². The maximum atomic E-state index is 10.7. The van der Waals surface area contributed by atoms with E-state index in [4.69, 9.17) is 10.2 Å². The molecule has 0 aromatic heterocycles. The van der Waals surface area contributed by atoms with E-state index < -0.39 is 30.6 Å². The maximum Gasteiger partial charge on any atom is 0.306 e. The van der Waals surface area contributed by atoms with Crippen molar-refractivity contribution in [2.75, 3.05) is 6.61 Å². The summed E-state index contributed by atoms with van der Waals surface area (Å²) in [4.78, 5) is 21.3. The van der Waals surface area contributed by atoms with Crippen LogP contribution in [0.5, 0.6) is 0 Å². The fourth-order valence-corrected chi connectivity index (χ4v) is 1.07. The highest BCUT2D eigenvalue weighted by Gasteiger charge is 2.33. The first-order valence-corrected chi connectivity index (χ1v) is 3.66. The predicted octanol–water partition coefficient (Wildman–Crippen LogP) is -1.39. The Morgan fingerprint density at radius 1 is 1.75 bits per heavy atom. The number of aliphatic hydroxyl groups excluding tert-OH is 2. The van der Waals surface area contributed by atoms with Crippen molar-refractivity contribution in [1.29, 1.82) is 0 Å². The van der Waals surface area contributed by atoms with E-state index in [1.54, 1.807) is 0 Å². The standard InChI is InChI=1S/C7H10O5/c8-3-4(9)7(11)5-1-2-6(10)12-5/h5,7-8,11H,1-3H2. The highest BCUT2D eigenvalue weighted by molar-refractivity contribution is 5.85. The van der Waals surface area contributed by atoms with Gasteiger partial charge in [0.2, 0.25) is 0 Å². The van der Waals surface area contributed by atoms with Gasteiger partial charge in [-0.05, 0) is 6.42 Å². The second-order valence-corrected chi connectivity index (χ2v) is 2.64. The van der Waals surface area contributed by atoms with Crippen molar-refractivity contribution in [2.24, 2.45) is 0 Å². The number of aliphatic hydroxyl groups is 2. The molecule has 1 heterocycles. The summed E-state index contributed by atoms with van der Waals surface area (Å²) in [5, 5.41) is 17.5. The van der Waals surface area contributed by atoms with Crippen molar-refractivity contribution < 1.29 is 24.5 Å². The third kappa shape index (κ3) is 1.80. The first-order chi connectivity index (χ1) is 5.65. The number of hydrogen-bond acceptors (Lipinski definition) is 5. The number of carbonyl (C=O) groups is 2. The molecule has 0 radical (unpaired) electrons. The lowest BCUT2D eigenvalue weighted by atomic mass is 10.1. The van der Waals surface area contributed by atoms with Crippen LogP contribution in [0, 0.1) is 0 Å². The summed E-state index contributed by atoms with van der Waals surface area (Å²) < 4.78 is 4.63. The van der Waals surface area contributed by atoms with E-state index in [0.29, 0.717) is 6.42 Å². The molecule has 1 aliphatic rings. The normalized spacial score (nSPS) is 25.2. The monoisotopic (exact) mass is 174 g/mol. The van der Waals surface area contributed by atoms with E-state index in [9.17, 15) is 9.59 Å². The first-order valence-electron chi connectivity index (χ1n) is 3.66. The fourth-order valence-electron chi connectivity index (χ4n) is 1.07. The smallest absolute Gasteiger partial charge is 0.306 e. The minimum Gasteiger partial charge on any atom is -0.459 e. The molecule has 0 amide bonds. The van der Waals surface area contributed by atoms with E-state index >= 15 is 0 Å². The van der Waals surface area contributed by atoms with Crippen LogP contribution in [0.25, 0.3) is 0 Å². The second-order valence-electron chi connectivity index (χ2n) is 2.64. The van der Waals surface area contributed by atoms with Crippen LogP contribution < -0.4 is 0 Å². The molecule has 2 N–H and O–H groups in total. The molecule has 1 saturated heterocycles. The molecule has 68 valence electrons. The highest BCUT2D eigenvalue weighted by Crippen LogP contribution is 2.17. The van der Waals surface area contributed by atoms with Crippen LogP contribution in [0.4, 0.5) is 0 Å². The van der Waals surface area contributed by atoms with Gasteiger partial charge < -0.3 is 14.9 Å². The molecular formula is C7H10O5. The number of hydrogen-bond donors (Lipinski definition) is 2. The summed E-state index contributed by atoms with van der Waals surface area (Å²) in [5.41, 5.74) is 0. The van der Waals surface area contributed by atoms with Gasteiger partial charge >= 0.3 is 5.97 Å². The molecule has 0 bridgehead atoms. The SMILES string of the molecule is O=C1CCC(C(O)C(=O)CO)O1. The lowest BCUT2D eigenvalue weighted by Gasteiger charge is -2.13. The molecule has 12 heavy (non-hydrogen) atoms. The molecule has 1 rings (SSSR count). The van der Waals surface area contributed by atoms with Gasteiger partial charge in [0.15, 0.2) is 11.9 Å². The number of ether oxygens (including phenoxy) is 1. The number of rotatable bonds is 3. The molecule has 0 saturated carbocycles. The minimum atomic E-state index is -1.37. The Bertz CT molecular complexity index is 200.